The number of likely N-dealkylation sites (tertiary alicyclic amines) is 2. The van der Waals surface area contributed by atoms with Gasteiger partial charge in [0.1, 0.15) is 0 Å². The molecule has 1 aliphatic carbocycles. The van der Waals surface area contributed by atoms with Crippen molar-refractivity contribution < 1.29 is 9.53 Å². The minimum Gasteiger partial charge on any atom is -0.383 e. The van der Waals surface area contributed by atoms with Crippen molar-refractivity contribution in [2.75, 3.05) is 53.0 Å². The first-order valence-corrected chi connectivity index (χ1v) is 11.2. The lowest BCUT2D eigenvalue weighted by Gasteiger charge is -2.39. The molecule has 27 heavy (non-hydrogen) atoms. The van der Waals surface area contributed by atoms with Crippen LogP contribution in [0.25, 0.3) is 0 Å². The van der Waals surface area contributed by atoms with Crippen LogP contribution < -0.4 is 10.6 Å². The van der Waals surface area contributed by atoms with Crippen molar-refractivity contribution in [3.63, 3.8) is 0 Å². The summed E-state index contributed by atoms with van der Waals surface area (Å²) in [7, 11) is 1.76. The standard InChI is InChI=1S/C21H40N4O2/c1-27-16-15-24-11-7-18(8-12-24)17-22-21(26)23-19-9-13-25(14-10-19)20-5-3-2-4-6-20/h18-20H,2-17H2,1H3,(H2,22,23,26). The summed E-state index contributed by atoms with van der Waals surface area (Å²) in [6, 6.07) is 1.19. The molecule has 6 nitrogen and oxygen atoms in total. The molecule has 3 rings (SSSR count). The van der Waals surface area contributed by atoms with Gasteiger partial charge >= 0.3 is 6.03 Å². The van der Waals surface area contributed by atoms with Gasteiger partial charge in [-0.05, 0) is 57.5 Å². The van der Waals surface area contributed by atoms with Crippen LogP contribution in [0.3, 0.4) is 0 Å². The van der Waals surface area contributed by atoms with Crippen LogP contribution in [-0.4, -0.2) is 80.9 Å². The van der Waals surface area contributed by atoms with E-state index in [0.717, 1.165) is 64.8 Å². The number of ether oxygens (including phenoxy) is 1. The zero-order chi connectivity index (χ0) is 18.9. The molecule has 2 N–H and O–H groups in total. The lowest BCUT2D eigenvalue weighted by Crippen LogP contribution is -2.51. The molecule has 0 aromatic heterocycles. The number of urea groups is 1. The van der Waals surface area contributed by atoms with Gasteiger partial charge in [0.25, 0.3) is 0 Å². The van der Waals surface area contributed by atoms with Gasteiger partial charge in [-0.25, -0.2) is 4.79 Å². The molecule has 2 heterocycles. The minimum absolute atomic E-state index is 0.0351. The second kappa shape index (κ2) is 11.2. The average molecular weight is 381 g/mol. The van der Waals surface area contributed by atoms with Crippen LogP contribution in [0.5, 0.6) is 0 Å². The number of hydrogen-bond donors (Lipinski definition) is 2. The Kier molecular flexibility index (Phi) is 8.68. The number of amides is 2. The third-order valence-electron chi connectivity index (χ3n) is 6.83. The van der Waals surface area contributed by atoms with Gasteiger partial charge in [-0.15, -0.1) is 0 Å². The fraction of sp³-hybridized carbons (Fsp3) is 0.952. The maximum absolute atomic E-state index is 12.3. The van der Waals surface area contributed by atoms with Gasteiger partial charge in [0, 0.05) is 45.4 Å². The quantitative estimate of drug-likeness (QED) is 0.712. The van der Waals surface area contributed by atoms with Gasteiger partial charge in [-0.1, -0.05) is 19.3 Å². The number of nitrogens with one attached hydrogen (secondary N) is 2. The summed E-state index contributed by atoms with van der Waals surface area (Å²) in [4.78, 5) is 17.4. The number of carbonyl (C=O) groups excluding carboxylic acids is 1. The summed E-state index contributed by atoms with van der Waals surface area (Å²) in [5.41, 5.74) is 0. The number of carbonyl (C=O) groups is 1. The summed E-state index contributed by atoms with van der Waals surface area (Å²) >= 11 is 0. The van der Waals surface area contributed by atoms with E-state index in [2.05, 4.69) is 20.4 Å². The molecule has 6 heteroatoms. The number of rotatable bonds is 7. The Hall–Kier alpha value is -0.850. The summed E-state index contributed by atoms with van der Waals surface area (Å²) < 4.78 is 5.15. The van der Waals surface area contributed by atoms with Gasteiger partial charge < -0.3 is 25.2 Å². The molecule has 2 saturated heterocycles. The van der Waals surface area contributed by atoms with Gasteiger partial charge in [0.2, 0.25) is 0 Å². The Morgan fingerprint density at radius 1 is 0.963 bits per heavy atom. The lowest BCUT2D eigenvalue weighted by molar-refractivity contribution is 0.115. The zero-order valence-corrected chi connectivity index (χ0v) is 17.3. The predicted octanol–water partition coefficient (Wildman–Crippen LogP) is 2.44. The Morgan fingerprint density at radius 2 is 1.67 bits per heavy atom. The molecule has 0 atom stereocenters. The van der Waals surface area contributed by atoms with E-state index in [4.69, 9.17) is 4.74 Å². The molecule has 1 saturated carbocycles. The van der Waals surface area contributed by atoms with Crippen LogP contribution in [0.15, 0.2) is 0 Å². The van der Waals surface area contributed by atoms with Crippen LogP contribution in [0.4, 0.5) is 4.79 Å². The molecule has 156 valence electrons. The molecule has 0 spiro atoms. The highest BCUT2D eigenvalue weighted by Gasteiger charge is 2.27. The number of nitrogens with zero attached hydrogens (tertiary/aromatic N) is 2. The highest BCUT2D eigenvalue weighted by Crippen LogP contribution is 2.25. The first-order chi connectivity index (χ1) is 13.2. The molecule has 3 aliphatic rings. The van der Waals surface area contributed by atoms with Crippen molar-refractivity contribution in [3.8, 4) is 0 Å². The summed E-state index contributed by atoms with van der Waals surface area (Å²) in [6.07, 6.45) is 11.5. The molecular formula is C21H40N4O2. The summed E-state index contributed by atoms with van der Waals surface area (Å²) in [5, 5.41) is 6.34. The Labute approximate surface area is 165 Å². The monoisotopic (exact) mass is 380 g/mol. The predicted molar refractivity (Wildman–Crippen MR) is 109 cm³/mol. The van der Waals surface area contributed by atoms with E-state index in [1.807, 2.05) is 0 Å². The molecule has 0 aromatic carbocycles. The molecule has 0 aromatic rings. The van der Waals surface area contributed by atoms with Gasteiger partial charge in [-0.2, -0.15) is 0 Å². The normalized spacial score (nSPS) is 24.8. The number of methoxy groups -OCH3 is 1. The van der Waals surface area contributed by atoms with E-state index in [9.17, 15) is 4.79 Å². The maximum atomic E-state index is 12.3. The van der Waals surface area contributed by atoms with Crippen LogP contribution in [0.1, 0.15) is 57.8 Å². The molecule has 0 bridgehead atoms. The molecule has 3 fully saturated rings. The largest absolute Gasteiger partial charge is 0.383 e. The molecule has 2 aliphatic heterocycles. The van der Waals surface area contributed by atoms with Gasteiger partial charge in [-0.3, -0.25) is 0 Å². The second-order valence-electron chi connectivity index (χ2n) is 8.73. The highest BCUT2D eigenvalue weighted by molar-refractivity contribution is 5.74. The van der Waals surface area contributed by atoms with E-state index in [0.29, 0.717) is 12.0 Å². The van der Waals surface area contributed by atoms with Crippen LogP contribution >= 0.6 is 0 Å². The molecule has 0 unspecified atom stereocenters. The summed E-state index contributed by atoms with van der Waals surface area (Å²) in [6.45, 7) is 7.19. The SMILES string of the molecule is COCCN1CCC(CNC(=O)NC2CCN(C3CCCCC3)CC2)CC1. The fourth-order valence-corrected chi connectivity index (χ4v) is 4.96. The third-order valence-corrected chi connectivity index (χ3v) is 6.83. The van der Waals surface area contributed by atoms with Crippen molar-refractivity contribution in [2.45, 2.75) is 69.9 Å². The van der Waals surface area contributed by atoms with Crippen molar-refractivity contribution in [1.82, 2.24) is 20.4 Å². The number of piperidine rings is 2. The Bertz CT molecular complexity index is 426. The van der Waals surface area contributed by atoms with Crippen molar-refractivity contribution in [2.24, 2.45) is 5.92 Å². The fourth-order valence-electron chi connectivity index (χ4n) is 4.96. The first-order valence-electron chi connectivity index (χ1n) is 11.2. The molecule has 0 radical (unpaired) electrons. The highest BCUT2D eigenvalue weighted by atomic mass is 16.5. The third kappa shape index (κ3) is 6.91. The van der Waals surface area contributed by atoms with Gasteiger partial charge in [0.05, 0.1) is 6.61 Å². The first kappa shape index (κ1) is 20.9. The van der Waals surface area contributed by atoms with Gasteiger partial charge in [0.15, 0.2) is 0 Å². The zero-order valence-electron chi connectivity index (χ0n) is 17.3. The van der Waals surface area contributed by atoms with Crippen molar-refractivity contribution >= 4 is 6.03 Å². The van der Waals surface area contributed by atoms with Crippen molar-refractivity contribution in [1.29, 1.82) is 0 Å². The average Bonchev–Trinajstić information content (AvgIpc) is 2.73. The lowest BCUT2D eigenvalue weighted by atomic mass is 9.92. The molecule has 2 amide bonds. The van der Waals surface area contributed by atoms with E-state index >= 15 is 0 Å². The van der Waals surface area contributed by atoms with E-state index in [1.54, 1.807) is 7.11 Å². The topological polar surface area (TPSA) is 56.8 Å². The van der Waals surface area contributed by atoms with E-state index in [-0.39, 0.29) is 6.03 Å². The van der Waals surface area contributed by atoms with Crippen LogP contribution in [0.2, 0.25) is 0 Å². The van der Waals surface area contributed by atoms with Crippen LogP contribution in [0, 0.1) is 5.92 Å². The molecular weight excluding hydrogens is 340 g/mol. The van der Waals surface area contributed by atoms with E-state index < -0.39 is 0 Å². The minimum atomic E-state index is 0.0351. The van der Waals surface area contributed by atoms with Crippen molar-refractivity contribution in [3.05, 3.63) is 0 Å². The Balaban J connectivity index is 1.26. The summed E-state index contributed by atoms with van der Waals surface area (Å²) in [5.74, 6) is 0.614. The Morgan fingerprint density at radius 3 is 2.33 bits per heavy atom. The van der Waals surface area contributed by atoms with Crippen LogP contribution in [-0.2, 0) is 4.74 Å². The van der Waals surface area contributed by atoms with E-state index in [1.165, 1.54) is 44.9 Å². The maximum Gasteiger partial charge on any atom is 0.315 e. The second-order valence-corrected chi connectivity index (χ2v) is 8.73. The number of hydrogen-bond acceptors (Lipinski definition) is 4. The smallest absolute Gasteiger partial charge is 0.315 e.